The summed E-state index contributed by atoms with van der Waals surface area (Å²) in [6.07, 6.45) is 17.3. The zero-order valence-corrected chi connectivity index (χ0v) is 19.2. The minimum absolute atomic E-state index is 0.0814. The summed E-state index contributed by atoms with van der Waals surface area (Å²) in [6, 6.07) is 0. The first-order chi connectivity index (χ1) is 12.1. The highest BCUT2D eigenvalue weighted by molar-refractivity contribution is 7.85. The van der Waals surface area contributed by atoms with E-state index in [-0.39, 0.29) is 5.75 Å². The van der Waals surface area contributed by atoms with Crippen molar-refractivity contribution < 1.29 is 17.5 Å². The van der Waals surface area contributed by atoms with Gasteiger partial charge in [-0.2, -0.15) is 8.42 Å². The van der Waals surface area contributed by atoms with E-state index >= 15 is 0 Å². The monoisotopic (exact) mass is 394 g/mol. The third-order valence-corrected chi connectivity index (χ3v) is 5.24. The molecule has 0 unspecified atom stereocenters. The number of hydrogen-bond donors (Lipinski definition) is 1. The Hall–Kier alpha value is -0.130. The van der Waals surface area contributed by atoms with Crippen LogP contribution in [0, 0.1) is 0 Å². The molecule has 0 aliphatic carbocycles. The van der Waals surface area contributed by atoms with E-state index in [1.54, 1.807) is 0 Å². The van der Waals surface area contributed by atoms with Gasteiger partial charge in [0, 0.05) is 0 Å². The summed E-state index contributed by atoms with van der Waals surface area (Å²) in [6.45, 7) is 5.78. The Bertz CT molecular complexity index is 375. The molecule has 1 N–H and O–H groups in total. The lowest BCUT2D eigenvalue weighted by Crippen LogP contribution is -2.35. The van der Waals surface area contributed by atoms with Gasteiger partial charge < -0.3 is 4.48 Å². The predicted octanol–water partition coefficient (Wildman–Crippen LogP) is 6.07. The molecule has 0 bridgehead atoms. The van der Waals surface area contributed by atoms with Gasteiger partial charge in [-0.15, -0.1) is 0 Å². The van der Waals surface area contributed by atoms with E-state index in [2.05, 4.69) is 35.0 Å². The van der Waals surface area contributed by atoms with Crippen LogP contribution in [0.3, 0.4) is 0 Å². The van der Waals surface area contributed by atoms with Gasteiger partial charge in [-0.05, 0) is 19.3 Å². The minimum Gasteiger partial charge on any atom is -0.331 e. The van der Waals surface area contributed by atoms with E-state index in [9.17, 15) is 8.42 Å². The summed E-state index contributed by atoms with van der Waals surface area (Å²) in [7, 11) is 3.08. The molecule has 0 spiro atoms. The van der Waals surface area contributed by atoms with Crippen LogP contribution in [0.25, 0.3) is 0 Å². The first-order valence-corrected chi connectivity index (χ1v) is 12.5. The minimum atomic E-state index is -3.73. The molecule has 160 valence electrons. The van der Waals surface area contributed by atoms with Gasteiger partial charge in [0.15, 0.2) is 0 Å². The lowest BCUT2D eigenvalue weighted by molar-refractivity contribution is -0.870. The average Bonchev–Trinajstić information content (AvgIpc) is 2.52. The third kappa shape index (κ3) is 31.6. The summed E-state index contributed by atoms with van der Waals surface area (Å²) in [4.78, 5) is 0. The second-order valence-electron chi connectivity index (χ2n) is 8.54. The molecule has 26 heavy (non-hydrogen) atoms. The van der Waals surface area contributed by atoms with E-state index in [1.165, 1.54) is 77.2 Å². The Kier molecular flexibility index (Phi) is 19.7. The van der Waals surface area contributed by atoms with Gasteiger partial charge in [0.25, 0.3) is 10.1 Å². The second-order valence-corrected chi connectivity index (χ2v) is 10.1. The molecule has 0 rings (SSSR count). The number of quaternary nitrogens is 1. The molecule has 0 aromatic carbocycles. The van der Waals surface area contributed by atoms with E-state index in [0.29, 0.717) is 6.42 Å². The summed E-state index contributed by atoms with van der Waals surface area (Å²) in [5.74, 6) is -0.0814. The fourth-order valence-corrected chi connectivity index (χ4v) is 3.35. The highest BCUT2D eigenvalue weighted by Gasteiger charge is 2.04. The highest BCUT2D eigenvalue weighted by Crippen LogP contribution is 2.09. The molecule has 0 aromatic rings. The quantitative estimate of drug-likeness (QED) is 0.196. The van der Waals surface area contributed by atoms with Crippen molar-refractivity contribution in [3.8, 4) is 0 Å². The van der Waals surface area contributed by atoms with Gasteiger partial charge >= 0.3 is 0 Å². The van der Waals surface area contributed by atoms with Crippen molar-refractivity contribution >= 4 is 10.1 Å². The predicted molar refractivity (Wildman–Crippen MR) is 115 cm³/mol. The largest absolute Gasteiger partial charge is 0.331 e. The molecular weight excluding hydrogens is 346 g/mol. The second kappa shape index (κ2) is 18.2. The first kappa shape index (κ1) is 28.1. The first-order valence-electron chi connectivity index (χ1n) is 10.9. The summed E-state index contributed by atoms with van der Waals surface area (Å²) in [5.41, 5.74) is 0. The van der Waals surface area contributed by atoms with Crippen LogP contribution >= 0.6 is 0 Å². The Morgan fingerprint density at radius 3 is 1.31 bits per heavy atom. The zero-order valence-electron chi connectivity index (χ0n) is 18.4. The van der Waals surface area contributed by atoms with Crippen LogP contribution in [-0.4, -0.2) is 50.9 Å². The van der Waals surface area contributed by atoms with Crippen LogP contribution in [0.5, 0.6) is 0 Å². The normalized spacial score (nSPS) is 11.9. The van der Waals surface area contributed by atoms with Gasteiger partial charge in [-0.25, -0.2) is 0 Å². The molecule has 4 nitrogen and oxygen atoms in total. The van der Waals surface area contributed by atoms with Gasteiger partial charge in [0.2, 0.25) is 0 Å². The van der Waals surface area contributed by atoms with Gasteiger partial charge in [0.05, 0.1) is 33.4 Å². The Morgan fingerprint density at radius 1 is 0.615 bits per heavy atom. The molecule has 0 radical (unpaired) electrons. The van der Waals surface area contributed by atoms with Gasteiger partial charge in [-0.1, -0.05) is 84.5 Å². The topological polar surface area (TPSA) is 54.4 Å². The number of unbranched alkanes of at least 4 members (excludes halogenated alkanes) is 12. The summed E-state index contributed by atoms with van der Waals surface area (Å²) in [5, 5.41) is 0. The zero-order chi connectivity index (χ0) is 20.3. The van der Waals surface area contributed by atoms with Crippen molar-refractivity contribution in [2.75, 3.05) is 33.4 Å². The van der Waals surface area contributed by atoms with Crippen molar-refractivity contribution in [2.24, 2.45) is 0 Å². The Morgan fingerprint density at radius 2 is 0.962 bits per heavy atom. The SMILES string of the molecule is CCCCCCCCCCS(=O)(=O)O.CCCCCCCC[N+](C)(C)C. The fraction of sp³-hybridized carbons (Fsp3) is 1.00. The lowest BCUT2D eigenvalue weighted by Gasteiger charge is -2.23. The molecule has 0 saturated carbocycles. The van der Waals surface area contributed by atoms with Crippen LogP contribution in [0.4, 0.5) is 0 Å². The fourth-order valence-electron chi connectivity index (χ4n) is 2.78. The Labute approximate surface area is 165 Å². The molecule has 0 fully saturated rings. The van der Waals surface area contributed by atoms with E-state index in [0.717, 1.165) is 17.3 Å². The average molecular weight is 395 g/mol. The standard InChI is InChI=1S/C11H26N.C10H22O3S/c1-5-6-7-8-9-10-11-12(2,3)4;1-2-3-4-5-6-7-8-9-10-14(11,12)13/h5-11H2,1-4H3;2-10H2,1H3,(H,11,12,13)/q+1;. The number of nitrogens with zero attached hydrogens (tertiary/aromatic N) is 1. The smallest absolute Gasteiger partial charge is 0.264 e. The third-order valence-electron chi connectivity index (χ3n) is 4.44. The molecule has 0 aromatic heterocycles. The molecule has 0 atom stereocenters. The maximum absolute atomic E-state index is 10.4. The van der Waals surface area contributed by atoms with Gasteiger partial charge in [0.1, 0.15) is 0 Å². The van der Waals surface area contributed by atoms with Crippen molar-refractivity contribution in [3.05, 3.63) is 0 Å². The molecule has 0 aliphatic rings. The van der Waals surface area contributed by atoms with Crippen LogP contribution < -0.4 is 0 Å². The molecule has 0 saturated heterocycles. The maximum atomic E-state index is 10.4. The molecule has 5 heteroatoms. The van der Waals surface area contributed by atoms with Gasteiger partial charge in [-0.3, -0.25) is 4.55 Å². The van der Waals surface area contributed by atoms with Crippen LogP contribution in [0.15, 0.2) is 0 Å². The van der Waals surface area contributed by atoms with Crippen molar-refractivity contribution in [3.63, 3.8) is 0 Å². The van der Waals surface area contributed by atoms with Crippen LogP contribution in [0.2, 0.25) is 0 Å². The van der Waals surface area contributed by atoms with E-state index < -0.39 is 10.1 Å². The molecule has 0 amide bonds. The van der Waals surface area contributed by atoms with Crippen molar-refractivity contribution in [1.82, 2.24) is 0 Å². The highest BCUT2D eigenvalue weighted by atomic mass is 32.2. The Balaban J connectivity index is 0. The summed E-state index contributed by atoms with van der Waals surface area (Å²) >= 11 is 0. The molecular formula is C21H48NO3S+. The van der Waals surface area contributed by atoms with Crippen molar-refractivity contribution in [1.29, 1.82) is 0 Å². The molecule has 0 heterocycles. The van der Waals surface area contributed by atoms with Crippen LogP contribution in [0.1, 0.15) is 104 Å². The van der Waals surface area contributed by atoms with Crippen molar-refractivity contribution in [2.45, 2.75) is 104 Å². The van der Waals surface area contributed by atoms with Crippen LogP contribution in [-0.2, 0) is 10.1 Å². The number of rotatable bonds is 16. The van der Waals surface area contributed by atoms with E-state index in [1.807, 2.05) is 0 Å². The van der Waals surface area contributed by atoms with E-state index in [4.69, 9.17) is 4.55 Å². The summed E-state index contributed by atoms with van der Waals surface area (Å²) < 4.78 is 30.3. The maximum Gasteiger partial charge on any atom is 0.264 e. The number of hydrogen-bond acceptors (Lipinski definition) is 2. The molecule has 0 aliphatic heterocycles. The lowest BCUT2D eigenvalue weighted by atomic mass is 10.1.